The number of hydrogen-bond acceptors (Lipinski definition) is 2. The molecule has 0 spiro atoms. The van der Waals surface area contributed by atoms with Gasteiger partial charge in [0.15, 0.2) is 0 Å². The summed E-state index contributed by atoms with van der Waals surface area (Å²) < 4.78 is 0. The van der Waals surface area contributed by atoms with Gasteiger partial charge in [-0.25, -0.2) is 0 Å². The Hall–Kier alpha value is -1.06. The number of nitrogens with one attached hydrogen (secondary N) is 1. The minimum Gasteiger partial charge on any atom is -0.340 e. The second-order valence-electron chi connectivity index (χ2n) is 7.83. The van der Waals surface area contributed by atoms with Gasteiger partial charge in [-0.05, 0) is 43.4 Å². The molecule has 0 aromatic carbocycles. The molecule has 4 heteroatoms. The fourth-order valence-corrected chi connectivity index (χ4v) is 3.27. The van der Waals surface area contributed by atoms with E-state index in [1.54, 1.807) is 0 Å². The summed E-state index contributed by atoms with van der Waals surface area (Å²) in [5, 5.41) is 3.04. The summed E-state index contributed by atoms with van der Waals surface area (Å²) in [6.07, 6.45) is 2.09. The zero-order valence-corrected chi connectivity index (χ0v) is 14.3. The molecule has 0 aromatic heterocycles. The van der Waals surface area contributed by atoms with E-state index in [0.29, 0.717) is 24.3 Å². The monoisotopic (exact) mass is 294 g/mol. The Morgan fingerprint density at radius 2 is 1.76 bits per heavy atom. The smallest absolute Gasteiger partial charge is 0.249 e. The molecule has 0 radical (unpaired) electrons. The molecule has 120 valence electrons. The molecule has 2 rings (SSSR count). The van der Waals surface area contributed by atoms with Crippen LogP contribution in [0.25, 0.3) is 0 Å². The fourth-order valence-electron chi connectivity index (χ4n) is 3.27. The van der Waals surface area contributed by atoms with Gasteiger partial charge in [0.2, 0.25) is 11.8 Å². The van der Waals surface area contributed by atoms with Gasteiger partial charge in [0.1, 0.15) is 11.6 Å². The van der Waals surface area contributed by atoms with Crippen molar-refractivity contribution in [2.75, 3.05) is 6.54 Å². The summed E-state index contributed by atoms with van der Waals surface area (Å²) in [4.78, 5) is 27.5. The molecule has 1 aliphatic carbocycles. The third-order valence-corrected chi connectivity index (χ3v) is 5.34. The van der Waals surface area contributed by atoms with Crippen LogP contribution in [0.3, 0.4) is 0 Å². The summed E-state index contributed by atoms with van der Waals surface area (Å²) in [7, 11) is 0. The van der Waals surface area contributed by atoms with Gasteiger partial charge in [-0.1, -0.05) is 34.6 Å². The van der Waals surface area contributed by atoms with Crippen LogP contribution in [0.2, 0.25) is 0 Å². The second-order valence-corrected chi connectivity index (χ2v) is 7.83. The van der Waals surface area contributed by atoms with Gasteiger partial charge in [-0.3, -0.25) is 9.59 Å². The maximum atomic E-state index is 13.1. The van der Waals surface area contributed by atoms with Crippen molar-refractivity contribution in [1.29, 1.82) is 0 Å². The molecule has 3 unspecified atom stereocenters. The largest absolute Gasteiger partial charge is 0.340 e. The van der Waals surface area contributed by atoms with Crippen LogP contribution in [0.1, 0.15) is 54.4 Å². The van der Waals surface area contributed by atoms with Gasteiger partial charge >= 0.3 is 0 Å². The van der Waals surface area contributed by atoms with Crippen LogP contribution in [0.4, 0.5) is 0 Å². The number of amides is 2. The predicted octanol–water partition coefficient (Wildman–Crippen LogP) is 2.43. The molecule has 2 aliphatic rings. The highest BCUT2D eigenvalue weighted by atomic mass is 16.2. The van der Waals surface area contributed by atoms with Crippen molar-refractivity contribution < 1.29 is 9.59 Å². The van der Waals surface area contributed by atoms with E-state index in [1.165, 1.54) is 0 Å². The Morgan fingerprint density at radius 1 is 1.19 bits per heavy atom. The zero-order valence-electron chi connectivity index (χ0n) is 14.3. The number of rotatable bonds is 5. The minimum atomic E-state index is -0.681. The summed E-state index contributed by atoms with van der Waals surface area (Å²) >= 11 is 0. The van der Waals surface area contributed by atoms with Crippen LogP contribution in [0.5, 0.6) is 0 Å². The SMILES string of the molecule is CC(C)C(C)CN1C(=O)C(C)(C2CC2)NC(=O)C1C(C)C. The third kappa shape index (κ3) is 2.95. The first-order valence-corrected chi connectivity index (χ1v) is 8.31. The molecule has 1 saturated carbocycles. The summed E-state index contributed by atoms with van der Waals surface area (Å²) in [6.45, 7) is 13.1. The molecule has 2 amide bonds. The van der Waals surface area contributed by atoms with Crippen molar-refractivity contribution in [3.63, 3.8) is 0 Å². The Balaban J connectivity index is 2.28. The first kappa shape index (κ1) is 16.3. The lowest BCUT2D eigenvalue weighted by atomic mass is 9.85. The molecule has 4 nitrogen and oxygen atoms in total. The van der Waals surface area contributed by atoms with E-state index >= 15 is 0 Å². The highest BCUT2D eigenvalue weighted by Crippen LogP contribution is 2.43. The van der Waals surface area contributed by atoms with Crippen molar-refractivity contribution in [2.45, 2.75) is 66.0 Å². The fraction of sp³-hybridized carbons (Fsp3) is 0.882. The maximum Gasteiger partial charge on any atom is 0.249 e. The number of carbonyl (C=O) groups is 2. The molecule has 2 fully saturated rings. The average molecular weight is 294 g/mol. The molecule has 21 heavy (non-hydrogen) atoms. The van der Waals surface area contributed by atoms with Gasteiger partial charge in [0.25, 0.3) is 0 Å². The minimum absolute atomic E-state index is 0.0231. The maximum absolute atomic E-state index is 13.1. The number of hydrogen-bond donors (Lipinski definition) is 1. The van der Waals surface area contributed by atoms with Crippen molar-refractivity contribution in [2.24, 2.45) is 23.7 Å². The summed E-state index contributed by atoms with van der Waals surface area (Å²) in [6, 6.07) is -0.328. The Labute approximate surface area is 128 Å². The quantitative estimate of drug-likeness (QED) is 0.846. The normalized spacial score (nSPS) is 31.8. The molecule has 1 heterocycles. The molecule has 0 bridgehead atoms. The van der Waals surface area contributed by atoms with Crippen LogP contribution >= 0.6 is 0 Å². The Kier molecular flexibility index (Phi) is 4.36. The number of nitrogens with zero attached hydrogens (tertiary/aromatic N) is 1. The first-order chi connectivity index (χ1) is 9.68. The van der Waals surface area contributed by atoms with Crippen LogP contribution < -0.4 is 5.32 Å². The van der Waals surface area contributed by atoms with Gasteiger partial charge in [0, 0.05) is 6.54 Å². The van der Waals surface area contributed by atoms with Crippen LogP contribution in [0, 0.1) is 23.7 Å². The van der Waals surface area contributed by atoms with E-state index in [4.69, 9.17) is 0 Å². The topological polar surface area (TPSA) is 49.4 Å². The summed E-state index contributed by atoms with van der Waals surface area (Å²) in [5.74, 6) is 1.49. The lowest BCUT2D eigenvalue weighted by Gasteiger charge is -2.47. The van der Waals surface area contributed by atoms with Crippen molar-refractivity contribution in [3.8, 4) is 0 Å². The van der Waals surface area contributed by atoms with Gasteiger partial charge in [0.05, 0.1) is 0 Å². The van der Waals surface area contributed by atoms with Gasteiger partial charge in [-0.15, -0.1) is 0 Å². The zero-order chi connectivity index (χ0) is 15.9. The highest BCUT2D eigenvalue weighted by molar-refractivity contribution is 6.00. The molecule has 3 atom stereocenters. The molecule has 1 N–H and O–H groups in total. The Morgan fingerprint density at radius 3 is 2.19 bits per heavy atom. The molecule has 1 aliphatic heterocycles. The Bertz CT molecular complexity index is 429. The predicted molar refractivity (Wildman–Crippen MR) is 83.6 cm³/mol. The molecule has 1 saturated heterocycles. The summed E-state index contributed by atoms with van der Waals surface area (Å²) in [5.41, 5.74) is -0.681. The van der Waals surface area contributed by atoms with Gasteiger partial charge in [-0.2, -0.15) is 0 Å². The molecular formula is C17H30N2O2. The third-order valence-electron chi connectivity index (χ3n) is 5.34. The van der Waals surface area contributed by atoms with E-state index in [0.717, 1.165) is 12.8 Å². The van der Waals surface area contributed by atoms with Crippen LogP contribution in [-0.4, -0.2) is 34.8 Å². The van der Waals surface area contributed by atoms with E-state index in [-0.39, 0.29) is 23.8 Å². The first-order valence-electron chi connectivity index (χ1n) is 8.31. The molecular weight excluding hydrogens is 264 g/mol. The van der Waals surface area contributed by atoms with Crippen LogP contribution in [-0.2, 0) is 9.59 Å². The average Bonchev–Trinajstić information content (AvgIpc) is 3.19. The van der Waals surface area contributed by atoms with E-state index in [9.17, 15) is 9.59 Å². The van der Waals surface area contributed by atoms with Crippen molar-refractivity contribution >= 4 is 11.8 Å². The lowest BCUT2D eigenvalue weighted by molar-refractivity contribution is -0.158. The van der Waals surface area contributed by atoms with E-state index in [2.05, 4.69) is 26.1 Å². The van der Waals surface area contributed by atoms with Crippen LogP contribution in [0.15, 0.2) is 0 Å². The highest BCUT2D eigenvalue weighted by Gasteiger charge is 2.55. The standard InChI is InChI=1S/C17H30N2O2/c1-10(2)12(5)9-19-14(11(3)4)15(20)18-17(6,16(19)21)13-7-8-13/h10-14H,7-9H2,1-6H3,(H,18,20). The van der Waals surface area contributed by atoms with E-state index < -0.39 is 5.54 Å². The lowest BCUT2D eigenvalue weighted by Crippen LogP contribution is -2.71. The number of carbonyl (C=O) groups excluding carboxylic acids is 2. The van der Waals surface area contributed by atoms with Gasteiger partial charge < -0.3 is 10.2 Å². The second kappa shape index (κ2) is 5.62. The van der Waals surface area contributed by atoms with E-state index in [1.807, 2.05) is 25.7 Å². The van der Waals surface area contributed by atoms with Crippen molar-refractivity contribution in [3.05, 3.63) is 0 Å². The number of piperazine rings is 1. The molecule has 0 aromatic rings. The van der Waals surface area contributed by atoms with Crippen molar-refractivity contribution in [1.82, 2.24) is 10.2 Å².